The minimum atomic E-state index is -4.80. The Bertz CT molecular complexity index is 608. The second-order valence-corrected chi connectivity index (χ2v) is 7.88. The van der Waals surface area contributed by atoms with Gasteiger partial charge in [0.15, 0.2) is 6.10 Å². The summed E-state index contributed by atoms with van der Waals surface area (Å²) in [4.78, 5) is 12.6. The number of anilines is 1. The van der Waals surface area contributed by atoms with E-state index in [0.717, 1.165) is 10.4 Å². The minimum Gasteiger partial charge on any atom is -0.383 e. The molecule has 0 saturated heterocycles. The predicted molar refractivity (Wildman–Crippen MR) is 81.5 cm³/mol. The second kappa shape index (κ2) is 5.75. The van der Waals surface area contributed by atoms with Crippen LogP contribution in [0.3, 0.4) is 0 Å². The van der Waals surface area contributed by atoms with Crippen LogP contribution in [0.25, 0.3) is 0 Å². The van der Waals surface area contributed by atoms with Crippen molar-refractivity contribution in [2.45, 2.75) is 64.0 Å². The summed E-state index contributed by atoms with van der Waals surface area (Å²) in [5.41, 5.74) is 0.129. The van der Waals surface area contributed by atoms with Crippen molar-refractivity contribution < 1.29 is 27.8 Å². The molecule has 0 bridgehead atoms. The standard InChI is InChI=1S/C15H20F3NO3S/c1-13(2)7-8-5-11(23-12(8)14(3,4)22-13)19-10(21)6-9(20)15(16,17)18/h5,9,20H,6-7H2,1-4H3,(H,19,21). The largest absolute Gasteiger partial charge is 0.414 e. The molecule has 4 nitrogen and oxygen atoms in total. The van der Waals surface area contributed by atoms with Gasteiger partial charge in [0, 0.05) is 11.3 Å². The topological polar surface area (TPSA) is 58.6 Å². The van der Waals surface area contributed by atoms with E-state index in [-0.39, 0.29) is 5.60 Å². The first-order chi connectivity index (χ1) is 10.3. The number of fused-ring (bicyclic) bond motifs is 1. The van der Waals surface area contributed by atoms with Crippen molar-refractivity contribution in [3.05, 3.63) is 16.5 Å². The number of ether oxygens (including phenoxy) is 1. The first-order valence-corrected chi connectivity index (χ1v) is 8.00. The number of carbonyl (C=O) groups excluding carboxylic acids is 1. The maximum atomic E-state index is 12.3. The number of aliphatic hydroxyl groups excluding tert-OH is 1. The smallest absolute Gasteiger partial charge is 0.383 e. The molecule has 1 aromatic rings. The molecule has 1 aromatic heterocycles. The van der Waals surface area contributed by atoms with Crippen molar-refractivity contribution in [1.29, 1.82) is 0 Å². The van der Waals surface area contributed by atoms with Crippen LogP contribution in [0.2, 0.25) is 0 Å². The van der Waals surface area contributed by atoms with Crippen molar-refractivity contribution in [3.63, 3.8) is 0 Å². The fraction of sp³-hybridized carbons (Fsp3) is 0.667. The molecule has 0 fully saturated rings. The molecule has 1 amide bonds. The fourth-order valence-electron chi connectivity index (χ4n) is 2.84. The highest BCUT2D eigenvalue weighted by atomic mass is 32.1. The lowest BCUT2D eigenvalue weighted by Gasteiger charge is -2.41. The van der Waals surface area contributed by atoms with E-state index >= 15 is 0 Å². The molecule has 1 atom stereocenters. The van der Waals surface area contributed by atoms with Crippen LogP contribution in [-0.4, -0.2) is 28.9 Å². The van der Waals surface area contributed by atoms with E-state index in [4.69, 9.17) is 9.84 Å². The van der Waals surface area contributed by atoms with Gasteiger partial charge >= 0.3 is 6.18 Å². The SMILES string of the molecule is CC1(C)Cc2cc(NC(=O)CC(O)C(F)(F)F)sc2C(C)(C)O1. The van der Waals surface area contributed by atoms with Gasteiger partial charge in [-0.3, -0.25) is 4.79 Å². The van der Waals surface area contributed by atoms with E-state index in [2.05, 4.69) is 5.32 Å². The summed E-state index contributed by atoms with van der Waals surface area (Å²) in [7, 11) is 0. The first kappa shape index (κ1) is 18.2. The summed E-state index contributed by atoms with van der Waals surface area (Å²) in [5, 5.41) is 11.8. The van der Waals surface area contributed by atoms with Crippen LogP contribution >= 0.6 is 11.3 Å². The Labute approximate surface area is 136 Å². The number of thiophene rings is 1. The van der Waals surface area contributed by atoms with Crippen LogP contribution in [0.5, 0.6) is 0 Å². The molecule has 8 heteroatoms. The highest BCUT2D eigenvalue weighted by Gasteiger charge is 2.41. The van der Waals surface area contributed by atoms with Crippen LogP contribution in [0.4, 0.5) is 18.2 Å². The van der Waals surface area contributed by atoms with E-state index in [1.807, 2.05) is 27.7 Å². The zero-order valence-electron chi connectivity index (χ0n) is 13.4. The third kappa shape index (κ3) is 4.24. The van der Waals surface area contributed by atoms with Crippen molar-refractivity contribution in [3.8, 4) is 0 Å². The molecule has 1 unspecified atom stereocenters. The van der Waals surface area contributed by atoms with Gasteiger partial charge in [-0.1, -0.05) is 0 Å². The predicted octanol–water partition coefficient (Wildman–Crippen LogP) is 3.59. The molecular weight excluding hydrogens is 331 g/mol. The van der Waals surface area contributed by atoms with Gasteiger partial charge in [0.25, 0.3) is 0 Å². The highest BCUT2D eigenvalue weighted by Crippen LogP contribution is 2.45. The van der Waals surface area contributed by atoms with Crippen LogP contribution in [0, 0.1) is 0 Å². The molecule has 1 aliphatic rings. The van der Waals surface area contributed by atoms with Crippen molar-refractivity contribution in [1.82, 2.24) is 0 Å². The molecule has 1 aliphatic heterocycles. The lowest BCUT2D eigenvalue weighted by molar-refractivity contribution is -0.205. The molecule has 0 radical (unpaired) electrons. The van der Waals surface area contributed by atoms with Crippen LogP contribution in [-0.2, 0) is 21.6 Å². The molecule has 0 saturated carbocycles. The highest BCUT2D eigenvalue weighted by molar-refractivity contribution is 7.16. The summed E-state index contributed by atoms with van der Waals surface area (Å²) < 4.78 is 42.9. The third-order valence-electron chi connectivity index (χ3n) is 3.52. The van der Waals surface area contributed by atoms with Gasteiger partial charge in [0.2, 0.25) is 5.91 Å². The lowest BCUT2D eigenvalue weighted by atomic mass is 9.89. The molecule has 0 spiro atoms. The Hall–Kier alpha value is -1.12. The van der Waals surface area contributed by atoms with Crippen LogP contribution in [0.15, 0.2) is 6.07 Å². The maximum absolute atomic E-state index is 12.3. The Morgan fingerprint density at radius 3 is 2.61 bits per heavy atom. The normalized spacial score (nSPS) is 20.7. The molecule has 2 N–H and O–H groups in total. The molecular formula is C15H20F3NO3S. The first-order valence-electron chi connectivity index (χ1n) is 7.18. The van der Waals surface area contributed by atoms with Crippen molar-refractivity contribution in [2.24, 2.45) is 0 Å². The average Bonchev–Trinajstić information content (AvgIpc) is 2.67. The number of carbonyl (C=O) groups is 1. The Morgan fingerprint density at radius 2 is 2.04 bits per heavy atom. The van der Waals surface area contributed by atoms with E-state index in [0.29, 0.717) is 11.4 Å². The lowest BCUT2D eigenvalue weighted by Crippen LogP contribution is -2.41. The molecule has 2 heterocycles. The summed E-state index contributed by atoms with van der Waals surface area (Å²) in [5.74, 6) is -0.869. The fourth-order valence-corrected chi connectivity index (χ4v) is 3.98. The second-order valence-electron chi connectivity index (χ2n) is 6.82. The molecule has 23 heavy (non-hydrogen) atoms. The number of hydrogen-bond donors (Lipinski definition) is 2. The molecule has 0 aliphatic carbocycles. The number of nitrogens with one attached hydrogen (secondary N) is 1. The van der Waals surface area contributed by atoms with Crippen molar-refractivity contribution >= 4 is 22.2 Å². The summed E-state index contributed by atoms with van der Waals surface area (Å²) in [6.45, 7) is 7.77. The number of alkyl halides is 3. The summed E-state index contributed by atoms with van der Waals surface area (Å²) in [6, 6.07) is 1.77. The van der Waals surface area contributed by atoms with Gasteiger partial charge < -0.3 is 15.2 Å². The third-order valence-corrected chi connectivity index (χ3v) is 4.92. The molecule has 0 aromatic carbocycles. The van der Waals surface area contributed by atoms with Gasteiger partial charge in [0.05, 0.1) is 22.6 Å². The zero-order valence-corrected chi connectivity index (χ0v) is 14.2. The maximum Gasteiger partial charge on any atom is 0.414 e. The van der Waals surface area contributed by atoms with Gasteiger partial charge in [-0.15, -0.1) is 11.3 Å². The monoisotopic (exact) mass is 351 g/mol. The van der Waals surface area contributed by atoms with Gasteiger partial charge in [0.1, 0.15) is 0 Å². The van der Waals surface area contributed by atoms with Gasteiger partial charge in [-0.25, -0.2) is 0 Å². The quantitative estimate of drug-likeness (QED) is 0.875. The van der Waals surface area contributed by atoms with E-state index in [1.165, 1.54) is 11.3 Å². The van der Waals surface area contributed by atoms with Gasteiger partial charge in [-0.2, -0.15) is 13.2 Å². The number of amides is 1. The van der Waals surface area contributed by atoms with E-state index in [1.54, 1.807) is 6.07 Å². The zero-order chi connectivity index (χ0) is 17.6. The van der Waals surface area contributed by atoms with Crippen molar-refractivity contribution in [2.75, 3.05) is 5.32 Å². The average molecular weight is 351 g/mol. The Kier molecular flexibility index (Phi) is 4.56. The van der Waals surface area contributed by atoms with Gasteiger partial charge in [-0.05, 0) is 39.3 Å². The number of aliphatic hydroxyl groups is 1. The Morgan fingerprint density at radius 1 is 1.43 bits per heavy atom. The van der Waals surface area contributed by atoms with Crippen LogP contribution < -0.4 is 5.32 Å². The molecule has 2 rings (SSSR count). The minimum absolute atomic E-state index is 0.356. The summed E-state index contributed by atoms with van der Waals surface area (Å²) in [6.07, 6.45) is -7.82. The van der Waals surface area contributed by atoms with E-state index in [9.17, 15) is 18.0 Å². The number of halogens is 3. The Balaban J connectivity index is 2.12. The number of rotatable bonds is 3. The molecule has 130 valence electrons. The summed E-state index contributed by atoms with van der Waals surface area (Å²) >= 11 is 1.29. The number of hydrogen-bond acceptors (Lipinski definition) is 4. The van der Waals surface area contributed by atoms with Crippen LogP contribution in [0.1, 0.15) is 44.6 Å². The van der Waals surface area contributed by atoms with E-state index < -0.39 is 30.2 Å².